The molecule has 0 atom stereocenters. The van der Waals surface area contributed by atoms with Crippen molar-refractivity contribution in [1.82, 2.24) is 0 Å². The van der Waals surface area contributed by atoms with Gasteiger partial charge in [0, 0.05) is 11.1 Å². The Labute approximate surface area is 215 Å². The highest BCUT2D eigenvalue weighted by atomic mass is 16.5. The highest BCUT2D eigenvalue weighted by Gasteiger charge is 2.23. The maximum atomic E-state index is 12.9. The molecule has 0 saturated heterocycles. The van der Waals surface area contributed by atoms with Crippen molar-refractivity contribution in [2.75, 3.05) is 0 Å². The molecule has 1 aliphatic heterocycles. The fourth-order valence-electron chi connectivity index (χ4n) is 4.53. The van der Waals surface area contributed by atoms with Crippen LogP contribution in [-0.4, -0.2) is 5.97 Å². The molecule has 0 amide bonds. The number of benzene rings is 5. The summed E-state index contributed by atoms with van der Waals surface area (Å²) in [5.41, 5.74) is 5.54. The van der Waals surface area contributed by atoms with E-state index in [1.807, 2.05) is 115 Å². The highest BCUT2D eigenvalue weighted by molar-refractivity contribution is 6.07. The lowest BCUT2D eigenvalue weighted by Crippen LogP contribution is -2.00. The van der Waals surface area contributed by atoms with Gasteiger partial charge in [-0.2, -0.15) is 0 Å². The summed E-state index contributed by atoms with van der Waals surface area (Å²) in [7, 11) is 0. The molecule has 0 radical (unpaired) electrons. The second-order valence-electron chi connectivity index (χ2n) is 8.91. The van der Waals surface area contributed by atoms with Crippen LogP contribution < -0.4 is 4.74 Å². The zero-order valence-electron chi connectivity index (χ0n) is 20.1. The molecule has 1 aliphatic rings. The summed E-state index contributed by atoms with van der Waals surface area (Å²) >= 11 is 0. The molecule has 0 aromatic heterocycles. The third kappa shape index (κ3) is 4.80. The third-order valence-corrected chi connectivity index (χ3v) is 6.47. The monoisotopic (exact) mass is 480 g/mol. The molecule has 0 fully saturated rings. The Hall–Kier alpha value is -4.89. The van der Waals surface area contributed by atoms with Crippen LogP contribution in [0.1, 0.15) is 16.7 Å². The molecule has 3 heteroatoms. The summed E-state index contributed by atoms with van der Waals surface area (Å²) < 4.78 is 11.9. The van der Waals surface area contributed by atoms with E-state index in [2.05, 4.69) is 18.2 Å². The molecule has 0 unspecified atom stereocenters. The number of hydrogen-bond acceptors (Lipinski definition) is 3. The van der Waals surface area contributed by atoms with Crippen LogP contribution >= 0.6 is 0 Å². The van der Waals surface area contributed by atoms with Crippen LogP contribution in [0.3, 0.4) is 0 Å². The van der Waals surface area contributed by atoms with Crippen LogP contribution in [-0.2, 0) is 16.1 Å². The summed E-state index contributed by atoms with van der Waals surface area (Å²) in [4.78, 5) is 12.9. The highest BCUT2D eigenvalue weighted by Crippen LogP contribution is 2.34. The summed E-state index contributed by atoms with van der Waals surface area (Å²) in [5.74, 6) is 0.892. The number of fused-ring (bicyclic) bond motifs is 1. The SMILES string of the molecule is O=C1OC(c2ccc(-c3ccccc3)cc2)=C/C1=C\c1c(OCc2ccccc2)ccc2ccccc12. The van der Waals surface area contributed by atoms with E-state index in [0.29, 0.717) is 17.9 Å². The molecule has 0 spiro atoms. The molecule has 1 heterocycles. The zero-order chi connectivity index (χ0) is 25.0. The van der Waals surface area contributed by atoms with E-state index in [1.54, 1.807) is 0 Å². The van der Waals surface area contributed by atoms with Crippen molar-refractivity contribution >= 4 is 28.6 Å². The van der Waals surface area contributed by atoms with Crippen LogP contribution in [0.2, 0.25) is 0 Å². The number of carbonyl (C=O) groups excluding carboxylic acids is 1. The summed E-state index contributed by atoms with van der Waals surface area (Å²) in [6.07, 6.45) is 3.68. The summed E-state index contributed by atoms with van der Waals surface area (Å²) in [5, 5.41) is 2.09. The maximum Gasteiger partial charge on any atom is 0.343 e. The summed E-state index contributed by atoms with van der Waals surface area (Å²) in [6.45, 7) is 0.439. The molecule has 0 saturated carbocycles. The Morgan fingerprint density at radius 1 is 0.649 bits per heavy atom. The van der Waals surface area contributed by atoms with Crippen molar-refractivity contribution in [3.05, 3.63) is 150 Å². The van der Waals surface area contributed by atoms with Crippen molar-refractivity contribution in [3.8, 4) is 16.9 Å². The Bertz CT molecular complexity index is 1630. The Morgan fingerprint density at radius 3 is 2.08 bits per heavy atom. The van der Waals surface area contributed by atoms with Crippen molar-refractivity contribution in [2.24, 2.45) is 0 Å². The standard InChI is InChI=1S/C34H24O3/c35-34-29(22-33(37-34)28-17-15-26(16-18-28)25-11-5-2-6-12-25)21-31-30-14-8-7-13-27(30)19-20-32(31)36-23-24-9-3-1-4-10-24/h1-22H,23H2/b29-21+. The van der Waals surface area contributed by atoms with E-state index in [4.69, 9.17) is 9.47 Å². The second kappa shape index (κ2) is 10.00. The number of hydrogen-bond donors (Lipinski definition) is 0. The van der Waals surface area contributed by atoms with Gasteiger partial charge in [0.05, 0.1) is 5.57 Å². The Kier molecular flexibility index (Phi) is 6.10. The predicted molar refractivity (Wildman–Crippen MR) is 149 cm³/mol. The molecule has 0 N–H and O–H groups in total. The first-order chi connectivity index (χ1) is 18.2. The van der Waals surface area contributed by atoms with Crippen molar-refractivity contribution in [3.63, 3.8) is 0 Å². The lowest BCUT2D eigenvalue weighted by atomic mass is 10.0. The molecule has 0 bridgehead atoms. The molecule has 3 nitrogen and oxygen atoms in total. The zero-order valence-corrected chi connectivity index (χ0v) is 20.1. The van der Waals surface area contributed by atoms with Gasteiger partial charge >= 0.3 is 5.97 Å². The van der Waals surface area contributed by atoms with Gasteiger partial charge in [0.25, 0.3) is 0 Å². The number of ether oxygens (including phenoxy) is 2. The normalized spacial score (nSPS) is 14.0. The van der Waals surface area contributed by atoms with Crippen molar-refractivity contribution in [1.29, 1.82) is 0 Å². The Balaban J connectivity index is 1.34. The minimum absolute atomic E-state index is 0.371. The van der Waals surface area contributed by atoms with Crippen molar-refractivity contribution in [2.45, 2.75) is 6.61 Å². The largest absolute Gasteiger partial charge is 0.488 e. The average Bonchev–Trinajstić information content (AvgIpc) is 3.33. The fourth-order valence-corrected chi connectivity index (χ4v) is 4.53. The molecule has 37 heavy (non-hydrogen) atoms. The molecular weight excluding hydrogens is 456 g/mol. The lowest BCUT2D eigenvalue weighted by Gasteiger charge is -2.12. The molecule has 178 valence electrons. The number of carbonyl (C=O) groups is 1. The first-order valence-electron chi connectivity index (χ1n) is 12.2. The van der Waals surface area contributed by atoms with Crippen LogP contribution in [0, 0.1) is 0 Å². The lowest BCUT2D eigenvalue weighted by molar-refractivity contribution is -0.130. The van der Waals surface area contributed by atoms with Crippen LogP contribution in [0.5, 0.6) is 5.75 Å². The number of esters is 1. The molecular formula is C34H24O3. The maximum absolute atomic E-state index is 12.9. The van der Waals surface area contributed by atoms with Gasteiger partial charge in [0.1, 0.15) is 18.1 Å². The topological polar surface area (TPSA) is 35.5 Å². The van der Waals surface area contributed by atoms with Crippen LogP contribution in [0.25, 0.3) is 33.7 Å². The van der Waals surface area contributed by atoms with Gasteiger partial charge in [0.2, 0.25) is 0 Å². The van der Waals surface area contributed by atoms with E-state index >= 15 is 0 Å². The van der Waals surface area contributed by atoms with E-state index in [9.17, 15) is 4.79 Å². The van der Waals surface area contributed by atoms with Gasteiger partial charge in [-0.05, 0) is 45.7 Å². The van der Waals surface area contributed by atoms with Crippen LogP contribution in [0.15, 0.2) is 133 Å². The quantitative estimate of drug-likeness (QED) is 0.182. The molecule has 0 aliphatic carbocycles. The molecule has 6 rings (SSSR count). The van der Waals surface area contributed by atoms with Crippen LogP contribution in [0.4, 0.5) is 0 Å². The van der Waals surface area contributed by atoms with Gasteiger partial charge in [-0.25, -0.2) is 4.79 Å². The van der Waals surface area contributed by atoms with Gasteiger partial charge in [-0.1, -0.05) is 115 Å². The van der Waals surface area contributed by atoms with Gasteiger partial charge in [0.15, 0.2) is 0 Å². The van der Waals surface area contributed by atoms with Gasteiger partial charge in [-0.3, -0.25) is 0 Å². The third-order valence-electron chi connectivity index (χ3n) is 6.47. The van der Waals surface area contributed by atoms with E-state index in [-0.39, 0.29) is 5.97 Å². The number of cyclic esters (lactones) is 1. The fraction of sp³-hybridized carbons (Fsp3) is 0.0294. The second-order valence-corrected chi connectivity index (χ2v) is 8.91. The molecule has 5 aromatic rings. The van der Waals surface area contributed by atoms with Crippen molar-refractivity contribution < 1.29 is 14.3 Å². The minimum atomic E-state index is -0.371. The first-order valence-corrected chi connectivity index (χ1v) is 12.2. The smallest absolute Gasteiger partial charge is 0.343 e. The predicted octanol–water partition coefficient (Wildman–Crippen LogP) is 8.07. The summed E-state index contributed by atoms with van der Waals surface area (Å²) in [6, 6.07) is 40.4. The van der Waals surface area contributed by atoms with E-state index in [0.717, 1.165) is 44.3 Å². The first kappa shape index (κ1) is 22.6. The van der Waals surface area contributed by atoms with Gasteiger partial charge < -0.3 is 9.47 Å². The van der Waals surface area contributed by atoms with E-state index < -0.39 is 0 Å². The minimum Gasteiger partial charge on any atom is -0.488 e. The number of rotatable bonds is 6. The molecule has 5 aromatic carbocycles. The Morgan fingerprint density at radius 2 is 1.30 bits per heavy atom. The van der Waals surface area contributed by atoms with E-state index in [1.165, 1.54) is 0 Å². The average molecular weight is 481 g/mol. The van der Waals surface area contributed by atoms with Gasteiger partial charge in [-0.15, -0.1) is 0 Å².